The molecule has 0 bridgehead atoms. The average Bonchev–Trinajstić information content (AvgIpc) is 2.40. The van der Waals surface area contributed by atoms with Crippen molar-refractivity contribution in [3.63, 3.8) is 0 Å². The Morgan fingerprint density at radius 2 is 2.32 bits per heavy atom. The molecule has 1 unspecified atom stereocenters. The van der Waals surface area contributed by atoms with Gasteiger partial charge in [-0.25, -0.2) is 0 Å². The molecule has 0 saturated carbocycles. The predicted molar refractivity (Wildman–Crippen MR) is 77.7 cm³/mol. The highest BCUT2D eigenvalue weighted by Gasteiger charge is 2.34. The number of nitrogens with one attached hydrogen (secondary N) is 2. The van der Waals surface area contributed by atoms with Gasteiger partial charge in [0.15, 0.2) is 0 Å². The normalized spacial score (nSPS) is 22.6. The van der Waals surface area contributed by atoms with E-state index in [0.717, 1.165) is 30.3 Å². The van der Waals surface area contributed by atoms with Crippen LogP contribution in [0.1, 0.15) is 31.7 Å². The van der Waals surface area contributed by atoms with E-state index in [1.54, 1.807) is 18.2 Å². The first kappa shape index (κ1) is 14.0. The van der Waals surface area contributed by atoms with Crippen molar-refractivity contribution in [1.82, 2.24) is 5.32 Å². The first-order valence-electron chi connectivity index (χ1n) is 6.31. The molecule has 1 aliphatic rings. The Balaban J connectivity index is 2.19. The lowest BCUT2D eigenvalue weighted by atomic mass is 9.90. The fourth-order valence-corrected chi connectivity index (χ4v) is 2.59. The topological polar surface area (TPSA) is 64.9 Å². The summed E-state index contributed by atoms with van der Waals surface area (Å²) < 4.78 is 0.837. The van der Waals surface area contributed by atoms with Crippen LogP contribution >= 0.6 is 15.9 Å². The van der Waals surface area contributed by atoms with Crippen molar-refractivity contribution in [2.75, 3.05) is 11.9 Å². The summed E-state index contributed by atoms with van der Waals surface area (Å²) in [4.78, 5) is 12.4. The lowest BCUT2D eigenvalue weighted by Crippen LogP contribution is -2.54. The van der Waals surface area contributed by atoms with Crippen LogP contribution in [-0.4, -0.2) is 18.0 Å². The van der Waals surface area contributed by atoms with Gasteiger partial charge in [0.2, 0.25) is 5.91 Å². The van der Waals surface area contributed by atoms with Crippen LogP contribution in [0.25, 0.3) is 0 Å². The van der Waals surface area contributed by atoms with E-state index >= 15 is 0 Å². The molecule has 1 atom stereocenters. The van der Waals surface area contributed by atoms with Crippen LogP contribution in [0.5, 0.6) is 0 Å². The summed E-state index contributed by atoms with van der Waals surface area (Å²) in [6.07, 6.45) is 2.96. The molecule has 5 heteroatoms. The summed E-state index contributed by atoms with van der Waals surface area (Å²) in [7, 11) is 0. The highest BCUT2D eigenvalue weighted by atomic mass is 79.9. The smallest absolute Gasteiger partial charge is 0.244 e. The number of anilines is 1. The predicted octanol–water partition coefficient (Wildman–Crippen LogP) is 2.79. The number of carbonyl (C=O) groups excluding carboxylic acids is 1. The SMILES string of the molecule is CC1(C(=O)Nc2cc(Br)ccc2C#N)CCCCN1. The zero-order valence-corrected chi connectivity index (χ0v) is 12.4. The molecular weight excluding hydrogens is 306 g/mol. The number of halogens is 1. The third-order valence-corrected chi connectivity index (χ3v) is 3.96. The Labute approximate surface area is 121 Å². The lowest BCUT2D eigenvalue weighted by molar-refractivity contribution is -0.122. The van der Waals surface area contributed by atoms with E-state index in [2.05, 4.69) is 32.6 Å². The Bertz CT molecular complexity index is 530. The van der Waals surface area contributed by atoms with Crippen molar-refractivity contribution in [3.8, 4) is 6.07 Å². The van der Waals surface area contributed by atoms with Gasteiger partial charge in [-0.3, -0.25) is 4.79 Å². The molecule has 0 spiro atoms. The summed E-state index contributed by atoms with van der Waals surface area (Å²) in [5.41, 5.74) is 0.472. The van der Waals surface area contributed by atoms with Gasteiger partial charge in [0.1, 0.15) is 6.07 Å². The van der Waals surface area contributed by atoms with Crippen molar-refractivity contribution in [2.45, 2.75) is 31.7 Å². The van der Waals surface area contributed by atoms with Gasteiger partial charge in [0, 0.05) is 4.47 Å². The lowest BCUT2D eigenvalue weighted by Gasteiger charge is -2.33. The summed E-state index contributed by atoms with van der Waals surface area (Å²) in [5, 5.41) is 15.2. The maximum atomic E-state index is 12.4. The van der Waals surface area contributed by atoms with Gasteiger partial charge < -0.3 is 10.6 Å². The zero-order chi connectivity index (χ0) is 13.9. The van der Waals surface area contributed by atoms with E-state index in [9.17, 15) is 4.79 Å². The van der Waals surface area contributed by atoms with Gasteiger partial charge in [0.25, 0.3) is 0 Å². The van der Waals surface area contributed by atoms with Gasteiger partial charge in [-0.1, -0.05) is 15.9 Å². The van der Waals surface area contributed by atoms with E-state index < -0.39 is 5.54 Å². The van der Waals surface area contributed by atoms with Crippen LogP contribution in [0.15, 0.2) is 22.7 Å². The Kier molecular flexibility index (Phi) is 4.23. The second-order valence-corrected chi connectivity index (χ2v) is 5.89. The number of rotatable bonds is 2. The third-order valence-electron chi connectivity index (χ3n) is 3.47. The number of benzene rings is 1. The average molecular weight is 322 g/mol. The van der Waals surface area contributed by atoms with Crippen molar-refractivity contribution >= 4 is 27.5 Å². The molecule has 4 nitrogen and oxygen atoms in total. The maximum absolute atomic E-state index is 12.4. The first-order chi connectivity index (χ1) is 9.05. The van der Waals surface area contributed by atoms with Gasteiger partial charge in [-0.05, 0) is 50.9 Å². The molecule has 0 radical (unpaired) electrons. The summed E-state index contributed by atoms with van der Waals surface area (Å²) >= 11 is 3.35. The van der Waals surface area contributed by atoms with E-state index in [1.165, 1.54) is 0 Å². The van der Waals surface area contributed by atoms with E-state index in [1.807, 2.05) is 6.92 Å². The molecule has 1 aliphatic heterocycles. The van der Waals surface area contributed by atoms with Crippen LogP contribution in [0, 0.1) is 11.3 Å². The number of hydrogen-bond acceptors (Lipinski definition) is 3. The molecule has 2 N–H and O–H groups in total. The standard InChI is InChI=1S/C14H16BrN3O/c1-14(6-2-3-7-17-14)13(19)18-12-8-11(15)5-4-10(12)9-16/h4-5,8,17H,2-3,6-7H2,1H3,(H,18,19). The van der Waals surface area contributed by atoms with Crippen molar-refractivity contribution < 1.29 is 4.79 Å². The molecule has 19 heavy (non-hydrogen) atoms. The van der Waals surface area contributed by atoms with E-state index in [4.69, 9.17) is 5.26 Å². The second kappa shape index (κ2) is 5.72. The van der Waals surface area contributed by atoms with Gasteiger partial charge >= 0.3 is 0 Å². The van der Waals surface area contributed by atoms with Crippen LogP contribution in [0.4, 0.5) is 5.69 Å². The highest BCUT2D eigenvalue weighted by Crippen LogP contribution is 2.24. The Hall–Kier alpha value is -1.38. The Morgan fingerprint density at radius 3 is 2.95 bits per heavy atom. The van der Waals surface area contributed by atoms with Gasteiger partial charge in [-0.2, -0.15) is 5.26 Å². The van der Waals surface area contributed by atoms with Crippen molar-refractivity contribution in [3.05, 3.63) is 28.2 Å². The largest absolute Gasteiger partial charge is 0.323 e. The number of nitrogens with zero attached hydrogens (tertiary/aromatic N) is 1. The molecule has 1 aromatic carbocycles. The summed E-state index contributed by atoms with van der Waals surface area (Å²) in [5.74, 6) is -0.0817. The molecule has 100 valence electrons. The monoisotopic (exact) mass is 321 g/mol. The molecule has 1 aromatic rings. The maximum Gasteiger partial charge on any atom is 0.244 e. The van der Waals surface area contributed by atoms with Crippen molar-refractivity contribution in [2.24, 2.45) is 0 Å². The van der Waals surface area contributed by atoms with Gasteiger partial charge in [-0.15, -0.1) is 0 Å². The fraction of sp³-hybridized carbons (Fsp3) is 0.429. The zero-order valence-electron chi connectivity index (χ0n) is 10.8. The minimum absolute atomic E-state index is 0.0817. The summed E-state index contributed by atoms with van der Waals surface area (Å²) in [6, 6.07) is 7.32. The van der Waals surface area contributed by atoms with Crippen molar-refractivity contribution in [1.29, 1.82) is 5.26 Å². The molecular formula is C14H16BrN3O. The van der Waals surface area contributed by atoms with Crippen LogP contribution < -0.4 is 10.6 Å². The first-order valence-corrected chi connectivity index (χ1v) is 7.10. The fourth-order valence-electron chi connectivity index (χ4n) is 2.23. The molecule has 1 heterocycles. The minimum Gasteiger partial charge on any atom is -0.323 e. The third kappa shape index (κ3) is 3.14. The van der Waals surface area contributed by atoms with Crippen LogP contribution in [0.3, 0.4) is 0 Å². The number of carbonyl (C=O) groups is 1. The number of nitriles is 1. The quantitative estimate of drug-likeness (QED) is 0.880. The molecule has 1 saturated heterocycles. The molecule has 0 aromatic heterocycles. The second-order valence-electron chi connectivity index (χ2n) is 4.97. The molecule has 0 aliphatic carbocycles. The van der Waals surface area contributed by atoms with E-state index in [-0.39, 0.29) is 5.91 Å². The van der Waals surface area contributed by atoms with E-state index in [0.29, 0.717) is 11.3 Å². The number of amides is 1. The number of hydrogen-bond donors (Lipinski definition) is 2. The van der Waals surface area contributed by atoms with Gasteiger partial charge in [0.05, 0.1) is 16.8 Å². The molecule has 1 amide bonds. The summed E-state index contributed by atoms with van der Waals surface area (Å²) in [6.45, 7) is 2.76. The minimum atomic E-state index is -0.548. The Morgan fingerprint density at radius 1 is 1.53 bits per heavy atom. The molecule has 2 rings (SSSR count). The number of piperidine rings is 1. The molecule has 1 fully saturated rings. The van der Waals surface area contributed by atoms with Crippen LogP contribution in [-0.2, 0) is 4.79 Å². The highest BCUT2D eigenvalue weighted by molar-refractivity contribution is 9.10. The van der Waals surface area contributed by atoms with Crippen LogP contribution in [0.2, 0.25) is 0 Å².